The minimum atomic E-state index is 0.645. The summed E-state index contributed by atoms with van der Waals surface area (Å²) in [6.07, 6.45) is 12.0. The average molecular weight is 290 g/mol. The van der Waals surface area contributed by atoms with Gasteiger partial charge in [-0.2, -0.15) is 0 Å². The number of ether oxygens (including phenoxy) is 1. The van der Waals surface area contributed by atoms with Crippen molar-refractivity contribution < 1.29 is 4.74 Å². The van der Waals surface area contributed by atoms with E-state index in [-0.39, 0.29) is 0 Å². The Hall–Kier alpha value is -0.980. The van der Waals surface area contributed by atoms with Gasteiger partial charge in [0.05, 0.1) is 6.61 Å². The molecule has 0 N–H and O–H groups in total. The van der Waals surface area contributed by atoms with E-state index in [9.17, 15) is 0 Å². The van der Waals surface area contributed by atoms with E-state index in [0.29, 0.717) is 5.92 Å². The van der Waals surface area contributed by atoms with Gasteiger partial charge in [-0.15, -0.1) is 0 Å². The monoisotopic (exact) mass is 290 g/mol. The fraction of sp³-hybridized carbons (Fsp3) is 0.700. The van der Waals surface area contributed by atoms with Crippen LogP contribution in [0.1, 0.15) is 90.0 Å². The van der Waals surface area contributed by atoms with E-state index >= 15 is 0 Å². The van der Waals surface area contributed by atoms with Crippen LogP contribution >= 0.6 is 0 Å². The maximum atomic E-state index is 5.82. The van der Waals surface area contributed by atoms with E-state index in [2.05, 4.69) is 45.0 Å². The van der Waals surface area contributed by atoms with Crippen molar-refractivity contribution in [3.8, 4) is 5.75 Å². The average Bonchev–Trinajstić information content (AvgIpc) is 2.53. The lowest BCUT2D eigenvalue weighted by Crippen LogP contribution is -1.98. The molecule has 1 heteroatoms. The number of hydrogen-bond donors (Lipinski definition) is 0. The van der Waals surface area contributed by atoms with Crippen LogP contribution in [0.3, 0.4) is 0 Å². The van der Waals surface area contributed by atoms with Crippen LogP contribution in [0.25, 0.3) is 0 Å². The van der Waals surface area contributed by atoms with Gasteiger partial charge < -0.3 is 4.74 Å². The summed E-state index contributed by atoms with van der Waals surface area (Å²) in [6, 6.07) is 8.65. The van der Waals surface area contributed by atoms with Crippen molar-refractivity contribution in [1.29, 1.82) is 0 Å². The molecule has 0 amide bonds. The van der Waals surface area contributed by atoms with Crippen LogP contribution in [-0.4, -0.2) is 6.61 Å². The van der Waals surface area contributed by atoms with Crippen LogP contribution in [0.4, 0.5) is 0 Å². The Bertz CT molecular complexity index is 341. The predicted molar refractivity (Wildman–Crippen MR) is 93.3 cm³/mol. The van der Waals surface area contributed by atoms with Gasteiger partial charge in [-0.3, -0.25) is 0 Å². The molecule has 0 bridgehead atoms. The van der Waals surface area contributed by atoms with Crippen LogP contribution in [0, 0.1) is 0 Å². The highest BCUT2D eigenvalue weighted by Gasteiger charge is 2.02. The molecule has 21 heavy (non-hydrogen) atoms. The van der Waals surface area contributed by atoms with E-state index in [1.807, 2.05) is 0 Å². The molecule has 0 aliphatic carbocycles. The first kappa shape index (κ1) is 18.1. The smallest absolute Gasteiger partial charge is 0.119 e. The molecular weight excluding hydrogens is 256 g/mol. The highest BCUT2D eigenvalue weighted by molar-refractivity contribution is 5.29. The molecule has 0 radical (unpaired) electrons. The summed E-state index contributed by atoms with van der Waals surface area (Å²) in [4.78, 5) is 0. The highest BCUT2D eigenvalue weighted by atomic mass is 16.5. The Balaban J connectivity index is 2.05. The standard InChI is InChI=1S/C20H34O/c1-4-6-7-8-9-10-11-12-17-21-20-15-13-19(14-16-20)18(3)5-2/h13-16,18H,4-12,17H2,1-3H3. The molecule has 120 valence electrons. The Kier molecular flexibility index (Phi) is 10.0. The summed E-state index contributed by atoms with van der Waals surface area (Å²) < 4.78 is 5.82. The summed E-state index contributed by atoms with van der Waals surface area (Å²) in [6.45, 7) is 7.64. The van der Waals surface area contributed by atoms with Gasteiger partial charge in [0.2, 0.25) is 0 Å². The molecule has 1 nitrogen and oxygen atoms in total. The second-order valence-corrected chi connectivity index (χ2v) is 6.20. The van der Waals surface area contributed by atoms with Gasteiger partial charge in [0.1, 0.15) is 5.75 Å². The first-order chi connectivity index (χ1) is 10.3. The molecule has 0 saturated carbocycles. The molecule has 0 aromatic heterocycles. The topological polar surface area (TPSA) is 9.23 Å². The summed E-state index contributed by atoms with van der Waals surface area (Å²) >= 11 is 0. The highest BCUT2D eigenvalue weighted by Crippen LogP contribution is 2.21. The molecule has 0 fully saturated rings. The number of benzene rings is 1. The minimum Gasteiger partial charge on any atom is -0.494 e. The van der Waals surface area contributed by atoms with E-state index in [0.717, 1.165) is 12.4 Å². The number of rotatable bonds is 12. The second-order valence-electron chi connectivity index (χ2n) is 6.20. The van der Waals surface area contributed by atoms with Crippen LogP contribution < -0.4 is 4.74 Å². The van der Waals surface area contributed by atoms with Crippen molar-refractivity contribution in [2.24, 2.45) is 0 Å². The molecule has 1 aromatic rings. The molecular formula is C20H34O. The molecule has 1 aromatic carbocycles. The summed E-state index contributed by atoms with van der Waals surface area (Å²) in [5.41, 5.74) is 1.41. The molecule has 1 unspecified atom stereocenters. The Morgan fingerprint density at radius 3 is 1.95 bits per heavy atom. The van der Waals surface area contributed by atoms with Gasteiger partial charge in [0.25, 0.3) is 0 Å². The van der Waals surface area contributed by atoms with Crippen LogP contribution in [-0.2, 0) is 0 Å². The van der Waals surface area contributed by atoms with Gasteiger partial charge in [0.15, 0.2) is 0 Å². The molecule has 1 rings (SSSR count). The Morgan fingerprint density at radius 1 is 0.810 bits per heavy atom. The van der Waals surface area contributed by atoms with E-state index in [1.165, 1.54) is 63.4 Å². The second kappa shape index (κ2) is 11.7. The van der Waals surface area contributed by atoms with Crippen molar-refractivity contribution >= 4 is 0 Å². The van der Waals surface area contributed by atoms with Crippen molar-refractivity contribution in [3.05, 3.63) is 29.8 Å². The van der Waals surface area contributed by atoms with Gasteiger partial charge in [0, 0.05) is 0 Å². The molecule has 0 aliphatic heterocycles. The third-order valence-corrected chi connectivity index (χ3v) is 4.33. The summed E-state index contributed by atoms with van der Waals surface area (Å²) in [5.74, 6) is 1.66. The largest absolute Gasteiger partial charge is 0.494 e. The maximum absolute atomic E-state index is 5.82. The molecule has 0 spiro atoms. The zero-order valence-corrected chi connectivity index (χ0v) is 14.4. The van der Waals surface area contributed by atoms with Gasteiger partial charge in [-0.25, -0.2) is 0 Å². The normalized spacial score (nSPS) is 12.3. The van der Waals surface area contributed by atoms with E-state index in [4.69, 9.17) is 4.74 Å². The Morgan fingerprint density at radius 2 is 1.38 bits per heavy atom. The van der Waals surface area contributed by atoms with Crippen LogP contribution in [0.2, 0.25) is 0 Å². The van der Waals surface area contributed by atoms with Gasteiger partial charge >= 0.3 is 0 Å². The Labute approximate surface area is 132 Å². The van der Waals surface area contributed by atoms with Gasteiger partial charge in [-0.1, -0.05) is 77.8 Å². The van der Waals surface area contributed by atoms with Crippen molar-refractivity contribution in [1.82, 2.24) is 0 Å². The summed E-state index contributed by atoms with van der Waals surface area (Å²) in [5, 5.41) is 0. The lowest BCUT2D eigenvalue weighted by Gasteiger charge is -2.10. The first-order valence-corrected chi connectivity index (χ1v) is 9.00. The molecule has 1 atom stereocenters. The fourth-order valence-electron chi connectivity index (χ4n) is 2.55. The molecule has 0 saturated heterocycles. The van der Waals surface area contributed by atoms with Crippen molar-refractivity contribution in [2.45, 2.75) is 84.5 Å². The lowest BCUT2D eigenvalue weighted by atomic mass is 9.99. The fourth-order valence-corrected chi connectivity index (χ4v) is 2.55. The SMILES string of the molecule is CCCCCCCCCCOc1ccc(C(C)CC)cc1. The van der Waals surface area contributed by atoms with E-state index < -0.39 is 0 Å². The summed E-state index contributed by atoms with van der Waals surface area (Å²) in [7, 11) is 0. The quantitative estimate of drug-likeness (QED) is 0.388. The van der Waals surface area contributed by atoms with Gasteiger partial charge in [-0.05, 0) is 36.5 Å². The predicted octanol–water partition coefficient (Wildman–Crippen LogP) is 6.72. The third-order valence-electron chi connectivity index (χ3n) is 4.33. The molecule has 0 heterocycles. The molecule has 0 aliphatic rings. The zero-order chi connectivity index (χ0) is 15.3. The number of unbranched alkanes of at least 4 members (excludes halogenated alkanes) is 7. The zero-order valence-electron chi connectivity index (χ0n) is 14.4. The number of hydrogen-bond acceptors (Lipinski definition) is 1. The van der Waals surface area contributed by atoms with Crippen LogP contribution in [0.15, 0.2) is 24.3 Å². The maximum Gasteiger partial charge on any atom is 0.119 e. The van der Waals surface area contributed by atoms with E-state index in [1.54, 1.807) is 0 Å². The van der Waals surface area contributed by atoms with Crippen LogP contribution in [0.5, 0.6) is 5.75 Å². The van der Waals surface area contributed by atoms with Crippen molar-refractivity contribution in [2.75, 3.05) is 6.61 Å². The first-order valence-electron chi connectivity index (χ1n) is 9.00. The minimum absolute atomic E-state index is 0.645. The lowest BCUT2D eigenvalue weighted by molar-refractivity contribution is 0.304. The van der Waals surface area contributed by atoms with Crippen molar-refractivity contribution in [3.63, 3.8) is 0 Å². The third kappa shape index (κ3) is 8.14.